The van der Waals surface area contributed by atoms with Gasteiger partial charge in [-0.1, -0.05) is 12.1 Å². The number of aliphatic hydroxyl groups is 1. The van der Waals surface area contributed by atoms with Crippen molar-refractivity contribution in [2.24, 2.45) is 10.3 Å². The van der Waals surface area contributed by atoms with Crippen LogP contribution in [0, 0.1) is 11.7 Å². The van der Waals surface area contributed by atoms with E-state index in [9.17, 15) is 31.1 Å². The molecule has 0 saturated carbocycles. The predicted molar refractivity (Wildman–Crippen MR) is 128 cm³/mol. The van der Waals surface area contributed by atoms with Gasteiger partial charge in [-0.25, -0.2) is 4.39 Å². The Balaban J connectivity index is 1.40. The monoisotopic (exact) mass is 552 g/mol. The summed E-state index contributed by atoms with van der Waals surface area (Å²) in [6, 6.07) is 13.8. The lowest BCUT2D eigenvalue weighted by Crippen LogP contribution is -2.53. The minimum absolute atomic E-state index is 0.0446. The lowest BCUT2D eigenvalue weighted by Gasteiger charge is -2.43. The standard InChI is InChI=1S/C25H20F4N2O6S/c26-16-5-10-23-20(11-16)31(19-3-1-2-4-22(19)36-23)21-14-35-13-15(24(21)32)12-30-38(33,34)18-8-6-17(7-9-18)37-25(27,28)29/h1-12,15,21,24,32H,13-14H2/b30-12-/t15?,21?,24-/m0/s1. The van der Waals surface area contributed by atoms with Gasteiger partial charge in [-0.15, -0.1) is 13.2 Å². The van der Waals surface area contributed by atoms with Crippen molar-refractivity contribution < 1.29 is 45.3 Å². The summed E-state index contributed by atoms with van der Waals surface area (Å²) in [6.07, 6.45) is -5.07. The van der Waals surface area contributed by atoms with Crippen LogP contribution in [0.25, 0.3) is 0 Å². The first-order chi connectivity index (χ1) is 18.0. The molecule has 38 heavy (non-hydrogen) atoms. The average molecular weight is 553 g/mol. The van der Waals surface area contributed by atoms with Gasteiger partial charge in [0.15, 0.2) is 11.5 Å². The van der Waals surface area contributed by atoms with Crippen molar-refractivity contribution in [3.63, 3.8) is 0 Å². The van der Waals surface area contributed by atoms with E-state index in [4.69, 9.17) is 9.47 Å². The van der Waals surface area contributed by atoms with E-state index in [2.05, 4.69) is 9.13 Å². The molecule has 1 N–H and O–H groups in total. The summed E-state index contributed by atoms with van der Waals surface area (Å²) in [5.41, 5.74) is 0.923. The van der Waals surface area contributed by atoms with Crippen LogP contribution in [0.1, 0.15) is 0 Å². The van der Waals surface area contributed by atoms with E-state index in [0.29, 0.717) is 22.9 Å². The number of para-hydroxylation sites is 2. The molecule has 5 rings (SSSR count). The SMILES string of the molecule is O=S(=O)(/N=C\C1COCC(N2c3ccccc3Oc3ccc(F)cc32)[C@H]1O)c1ccc(OC(F)(F)F)cc1. The molecule has 0 aromatic heterocycles. The number of hydrogen-bond donors (Lipinski definition) is 1. The summed E-state index contributed by atoms with van der Waals surface area (Å²) < 4.78 is 95.5. The molecule has 1 fully saturated rings. The molecular weight excluding hydrogens is 532 g/mol. The molecule has 2 unspecified atom stereocenters. The van der Waals surface area contributed by atoms with E-state index in [1.807, 2.05) is 0 Å². The van der Waals surface area contributed by atoms with E-state index in [0.717, 1.165) is 30.5 Å². The largest absolute Gasteiger partial charge is 0.573 e. The summed E-state index contributed by atoms with van der Waals surface area (Å²) >= 11 is 0. The zero-order valence-electron chi connectivity index (χ0n) is 19.4. The van der Waals surface area contributed by atoms with Gasteiger partial charge in [0.25, 0.3) is 10.0 Å². The Morgan fingerprint density at radius 2 is 1.71 bits per heavy atom. The van der Waals surface area contributed by atoms with Crippen LogP contribution in [0.2, 0.25) is 0 Å². The molecule has 3 aromatic carbocycles. The molecule has 2 aliphatic rings. The van der Waals surface area contributed by atoms with Crippen molar-refractivity contribution in [2.45, 2.75) is 23.4 Å². The highest BCUT2D eigenvalue weighted by Crippen LogP contribution is 2.48. The van der Waals surface area contributed by atoms with Crippen LogP contribution in [-0.4, -0.2) is 51.5 Å². The molecule has 0 bridgehead atoms. The van der Waals surface area contributed by atoms with Gasteiger partial charge < -0.3 is 24.2 Å². The number of fused-ring (bicyclic) bond motifs is 2. The highest BCUT2D eigenvalue weighted by molar-refractivity contribution is 7.90. The summed E-state index contributed by atoms with van der Waals surface area (Å²) in [4.78, 5) is 1.33. The molecule has 3 aromatic rings. The number of benzene rings is 3. The van der Waals surface area contributed by atoms with E-state index in [1.54, 1.807) is 29.2 Å². The first-order valence-corrected chi connectivity index (χ1v) is 12.7. The number of rotatable bonds is 5. The topological polar surface area (TPSA) is 97.7 Å². The number of ether oxygens (including phenoxy) is 3. The fourth-order valence-corrected chi connectivity index (χ4v) is 5.23. The van der Waals surface area contributed by atoms with Crippen LogP contribution in [-0.2, 0) is 14.8 Å². The smallest absolute Gasteiger partial charge is 0.453 e. The molecule has 3 atom stereocenters. The van der Waals surface area contributed by atoms with Gasteiger partial charge in [-0.3, -0.25) is 0 Å². The van der Waals surface area contributed by atoms with E-state index in [1.165, 1.54) is 18.2 Å². The lowest BCUT2D eigenvalue weighted by atomic mass is 9.93. The predicted octanol–water partition coefficient (Wildman–Crippen LogP) is 4.80. The van der Waals surface area contributed by atoms with Crippen molar-refractivity contribution in [2.75, 3.05) is 18.1 Å². The maximum absolute atomic E-state index is 14.2. The first-order valence-electron chi connectivity index (χ1n) is 11.3. The Morgan fingerprint density at radius 3 is 2.45 bits per heavy atom. The van der Waals surface area contributed by atoms with Crippen LogP contribution in [0.5, 0.6) is 17.2 Å². The maximum atomic E-state index is 14.2. The lowest BCUT2D eigenvalue weighted by molar-refractivity contribution is -0.274. The van der Waals surface area contributed by atoms with Gasteiger partial charge in [0.05, 0.1) is 41.6 Å². The quantitative estimate of drug-likeness (QED) is 0.359. The molecule has 0 aliphatic carbocycles. The third-order valence-electron chi connectivity index (χ3n) is 6.03. The van der Waals surface area contributed by atoms with Crippen molar-refractivity contribution in [3.8, 4) is 17.2 Å². The summed E-state index contributed by atoms with van der Waals surface area (Å²) in [7, 11) is -4.31. The minimum Gasteiger partial charge on any atom is -0.453 e. The van der Waals surface area contributed by atoms with Crippen molar-refractivity contribution in [1.29, 1.82) is 0 Å². The molecule has 1 saturated heterocycles. The highest BCUT2D eigenvalue weighted by atomic mass is 32.2. The third-order valence-corrected chi connectivity index (χ3v) is 7.30. The maximum Gasteiger partial charge on any atom is 0.573 e. The Bertz CT molecular complexity index is 1460. The fourth-order valence-electron chi connectivity index (χ4n) is 4.31. The van der Waals surface area contributed by atoms with Gasteiger partial charge in [-0.2, -0.15) is 12.8 Å². The van der Waals surface area contributed by atoms with Crippen LogP contribution >= 0.6 is 0 Å². The summed E-state index contributed by atoms with van der Waals surface area (Å²) in [5.74, 6) is -1.12. The van der Waals surface area contributed by atoms with Crippen molar-refractivity contribution >= 4 is 27.6 Å². The van der Waals surface area contributed by atoms with Gasteiger partial charge in [0.1, 0.15) is 11.6 Å². The van der Waals surface area contributed by atoms with E-state index >= 15 is 0 Å². The number of anilines is 2. The normalized spacial score (nSPS) is 21.5. The van der Waals surface area contributed by atoms with Gasteiger partial charge in [-0.05, 0) is 48.5 Å². The van der Waals surface area contributed by atoms with Gasteiger partial charge >= 0.3 is 6.36 Å². The Morgan fingerprint density at radius 1 is 1.00 bits per heavy atom. The Labute approximate surface area is 214 Å². The van der Waals surface area contributed by atoms with Crippen molar-refractivity contribution in [3.05, 3.63) is 72.5 Å². The summed E-state index contributed by atoms with van der Waals surface area (Å²) in [5, 5.41) is 11.2. The third kappa shape index (κ3) is 5.30. The minimum atomic E-state index is -4.92. The van der Waals surface area contributed by atoms with Crippen LogP contribution in [0.4, 0.5) is 28.9 Å². The highest BCUT2D eigenvalue weighted by Gasteiger charge is 2.40. The molecule has 0 radical (unpaired) electrons. The molecule has 13 heteroatoms. The second-order valence-electron chi connectivity index (χ2n) is 8.56. The van der Waals surface area contributed by atoms with E-state index < -0.39 is 46.0 Å². The molecule has 200 valence electrons. The number of halogens is 4. The first kappa shape index (κ1) is 25.9. The zero-order chi connectivity index (χ0) is 27.1. The summed E-state index contributed by atoms with van der Waals surface area (Å²) in [6.45, 7) is 0.000252. The molecule has 2 aliphatic heterocycles. The Hall–Kier alpha value is -3.68. The second kappa shape index (κ2) is 9.89. The molecular formula is C25H20F4N2O6S. The molecule has 8 nitrogen and oxygen atoms in total. The number of hydrogen-bond acceptors (Lipinski definition) is 7. The van der Waals surface area contributed by atoms with E-state index in [-0.39, 0.29) is 18.1 Å². The number of sulfonamides is 1. The van der Waals surface area contributed by atoms with Crippen LogP contribution in [0.15, 0.2) is 76.0 Å². The second-order valence-corrected chi connectivity index (χ2v) is 10.2. The molecule has 0 amide bonds. The Kier molecular flexibility index (Phi) is 6.75. The van der Waals surface area contributed by atoms with Gasteiger partial charge in [0.2, 0.25) is 0 Å². The average Bonchev–Trinajstić information content (AvgIpc) is 2.86. The van der Waals surface area contributed by atoms with Gasteiger partial charge in [0, 0.05) is 18.2 Å². The molecule has 0 spiro atoms. The van der Waals surface area contributed by atoms with Crippen LogP contribution in [0.3, 0.4) is 0 Å². The van der Waals surface area contributed by atoms with Crippen LogP contribution < -0.4 is 14.4 Å². The molecule has 2 heterocycles. The zero-order valence-corrected chi connectivity index (χ0v) is 20.2. The number of nitrogens with zero attached hydrogens (tertiary/aromatic N) is 2. The number of alkyl halides is 3. The fraction of sp³-hybridized carbons (Fsp3) is 0.240. The van der Waals surface area contributed by atoms with Crippen molar-refractivity contribution in [1.82, 2.24) is 0 Å². The number of aliphatic hydroxyl groups excluding tert-OH is 1.